The first-order valence-electron chi connectivity index (χ1n) is 10.4. The van der Waals surface area contributed by atoms with Crippen molar-refractivity contribution in [2.75, 3.05) is 19.6 Å². The predicted octanol–water partition coefficient (Wildman–Crippen LogP) is 5.17. The molecular weight excluding hydrogens is 346 g/mol. The van der Waals surface area contributed by atoms with Crippen molar-refractivity contribution in [3.05, 3.63) is 66.0 Å². The molecule has 0 unspecified atom stereocenters. The summed E-state index contributed by atoms with van der Waals surface area (Å²) in [7, 11) is 0. The number of phenols is 1. The topological polar surface area (TPSA) is 55.0 Å². The molecule has 4 heteroatoms. The van der Waals surface area contributed by atoms with Crippen molar-refractivity contribution < 1.29 is 5.11 Å². The van der Waals surface area contributed by atoms with E-state index < -0.39 is 0 Å². The van der Waals surface area contributed by atoms with Gasteiger partial charge in [-0.2, -0.15) is 0 Å². The Hall–Kier alpha value is -2.72. The molecule has 3 heterocycles. The van der Waals surface area contributed by atoms with E-state index in [1.54, 1.807) is 6.07 Å². The Bertz CT molecular complexity index is 1090. The molecule has 0 spiro atoms. The zero-order valence-corrected chi connectivity index (χ0v) is 16.1. The molecule has 0 aliphatic carbocycles. The molecular formula is C24H27N3O. The molecule has 1 aliphatic heterocycles. The minimum absolute atomic E-state index is 0.350. The van der Waals surface area contributed by atoms with E-state index >= 15 is 0 Å². The number of piperidine rings is 1. The molecule has 2 aromatic heterocycles. The molecule has 0 bridgehead atoms. The number of nitrogens with one attached hydrogen (secondary N) is 2. The molecule has 0 atom stereocenters. The lowest BCUT2D eigenvalue weighted by Crippen LogP contribution is -2.33. The molecule has 1 fully saturated rings. The number of aromatic amines is 2. The van der Waals surface area contributed by atoms with Gasteiger partial charge in [0.15, 0.2) is 0 Å². The molecule has 4 aromatic rings. The summed E-state index contributed by atoms with van der Waals surface area (Å²) >= 11 is 0. The van der Waals surface area contributed by atoms with Gasteiger partial charge in [0.2, 0.25) is 0 Å². The fourth-order valence-corrected chi connectivity index (χ4v) is 4.77. The van der Waals surface area contributed by atoms with Gasteiger partial charge in [-0.3, -0.25) is 0 Å². The number of fused-ring (bicyclic) bond motifs is 2. The van der Waals surface area contributed by atoms with Crippen LogP contribution < -0.4 is 0 Å². The normalized spacial score (nSPS) is 16.3. The lowest BCUT2D eigenvalue weighted by Gasteiger charge is -2.32. The molecule has 144 valence electrons. The summed E-state index contributed by atoms with van der Waals surface area (Å²) in [6.07, 6.45) is 9.02. The van der Waals surface area contributed by atoms with Gasteiger partial charge < -0.3 is 20.0 Å². The maximum absolute atomic E-state index is 9.83. The van der Waals surface area contributed by atoms with Crippen LogP contribution in [0.1, 0.15) is 36.3 Å². The summed E-state index contributed by atoms with van der Waals surface area (Å²) < 4.78 is 0. The second-order valence-corrected chi connectivity index (χ2v) is 8.05. The molecule has 2 aromatic carbocycles. The highest BCUT2D eigenvalue weighted by atomic mass is 16.3. The Morgan fingerprint density at radius 2 is 1.71 bits per heavy atom. The van der Waals surface area contributed by atoms with E-state index in [0.29, 0.717) is 11.7 Å². The van der Waals surface area contributed by atoms with Crippen molar-refractivity contribution in [2.24, 2.45) is 0 Å². The maximum Gasteiger partial charge on any atom is 0.116 e. The second-order valence-electron chi connectivity index (χ2n) is 8.05. The smallest absolute Gasteiger partial charge is 0.116 e. The van der Waals surface area contributed by atoms with Gasteiger partial charge in [-0.1, -0.05) is 18.2 Å². The van der Waals surface area contributed by atoms with E-state index in [-0.39, 0.29) is 0 Å². The first kappa shape index (κ1) is 17.4. The molecule has 28 heavy (non-hydrogen) atoms. The number of rotatable bonds is 5. The molecule has 5 rings (SSSR count). The Labute approximate surface area is 165 Å². The van der Waals surface area contributed by atoms with Gasteiger partial charge in [0, 0.05) is 34.2 Å². The summed E-state index contributed by atoms with van der Waals surface area (Å²) in [6.45, 7) is 3.48. The van der Waals surface area contributed by atoms with Gasteiger partial charge in [-0.15, -0.1) is 0 Å². The lowest BCUT2D eigenvalue weighted by molar-refractivity contribution is 0.211. The maximum atomic E-state index is 9.83. The quantitative estimate of drug-likeness (QED) is 0.452. The first-order chi connectivity index (χ1) is 13.8. The summed E-state index contributed by atoms with van der Waals surface area (Å²) in [5.41, 5.74) is 5.16. The van der Waals surface area contributed by atoms with E-state index in [2.05, 4.69) is 51.5 Å². The number of para-hydroxylation sites is 1. The third-order valence-corrected chi connectivity index (χ3v) is 6.32. The number of hydrogen-bond acceptors (Lipinski definition) is 2. The first-order valence-corrected chi connectivity index (χ1v) is 10.4. The number of hydrogen-bond donors (Lipinski definition) is 3. The Morgan fingerprint density at radius 3 is 2.61 bits per heavy atom. The highest BCUT2D eigenvalue weighted by molar-refractivity contribution is 5.85. The molecule has 0 radical (unpaired) electrons. The Morgan fingerprint density at radius 1 is 0.929 bits per heavy atom. The summed E-state index contributed by atoms with van der Waals surface area (Å²) in [6, 6.07) is 14.2. The molecule has 0 amide bonds. The molecule has 1 saturated heterocycles. The van der Waals surface area contributed by atoms with E-state index in [9.17, 15) is 5.11 Å². The van der Waals surface area contributed by atoms with Crippen LogP contribution in [-0.4, -0.2) is 39.6 Å². The number of aromatic nitrogens is 2. The zero-order chi connectivity index (χ0) is 18.9. The van der Waals surface area contributed by atoms with Crippen molar-refractivity contribution in [1.29, 1.82) is 0 Å². The molecule has 0 saturated carbocycles. The van der Waals surface area contributed by atoms with E-state index in [1.165, 1.54) is 53.2 Å². The highest BCUT2D eigenvalue weighted by Gasteiger charge is 2.22. The Balaban J connectivity index is 1.16. The van der Waals surface area contributed by atoms with Crippen LogP contribution in [0.4, 0.5) is 0 Å². The predicted molar refractivity (Wildman–Crippen MR) is 115 cm³/mol. The van der Waals surface area contributed by atoms with Crippen molar-refractivity contribution in [3.63, 3.8) is 0 Å². The number of H-pyrrole nitrogens is 2. The van der Waals surface area contributed by atoms with Crippen molar-refractivity contribution in [3.8, 4) is 5.75 Å². The van der Waals surface area contributed by atoms with Crippen LogP contribution in [-0.2, 0) is 6.42 Å². The number of likely N-dealkylation sites (tertiary alicyclic amines) is 1. The lowest BCUT2D eigenvalue weighted by atomic mass is 9.89. The number of aromatic hydroxyl groups is 1. The third kappa shape index (κ3) is 3.29. The van der Waals surface area contributed by atoms with Crippen LogP contribution >= 0.6 is 0 Å². The number of aryl methyl sites for hydroxylation is 1. The average molecular weight is 374 g/mol. The second kappa shape index (κ2) is 7.36. The monoisotopic (exact) mass is 373 g/mol. The van der Waals surface area contributed by atoms with Crippen molar-refractivity contribution in [1.82, 2.24) is 14.9 Å². The van der Waals surface area contributed by atoms with Gasteiger partial charge in [-0.05, 0) is 86.6 Å². The fraction of sp³-hybridized carbons (Fsp3) is 0.333. The van der Waals surface area contributed by atoms with Crippen LogP contribution in [0.5, 0.6) is 5.75 Å². The van der Waals surface area contributed by atoms with Gasteiger partial charge in [0.25, 0.3) is 0 Å². The standard InChI is InChI=1S/C24H27N3O/c28-19-7-8-24-21(14-19)22(16-26-24)17-9-12-27(13-10-17)11-3-4-18-15-25-23-6-2-1-5-20(18)23/h1-2,5-8,14-17,25-26,28H,3-4,9-13H2. The van der Waals surface area contributed by atoms with Crippen molar-refractivity contribution in [2.45, 2.75) is 31.6 Å². The summed E-state index contributed by atoms with van der Waals surface area (Å²) in [4.78, 5) is 9.35. The molecule has 4 nitrogen and oxygen atoms in total. The van der Waals surface area contributed by atoms with Gasteiger partial charge in [-0.25, -0.2) is 0 Å². The highest BCUT2D eigenvalue weighted by Crippen LogP contribution is 2.34. The number of phenolic OH excluding ortho intramolecular Hbond substituents is 1. The molecule has 1 aliphatic rings. The van der Waals surface area contributed by atoms with E-state index in [1.807, 2.05) is 12.1 Å². The minimum atomic E-state index is 0.350. The number of benzene rings is 2. The van der Waals surface area contributed by atoms with Gasteiger partial charge in [0.1, 0.15) is 5.75 Å². The summed E-state index contributed by atoms with van der Waals surface area (Å²) in [5, 5.41) is 12.4. The summed E-state index contributed by atoms with van der Waals surface area (Å²) in [5.74, 6) is 0.934. The fourth-order valence-electron chi connectivity index (χ4n) is 4.77. The van der Waals surface area contributed by atoms with Gasteiger partial charge in [0.05, 0.1) is 0 Å². The third-order valence-electron chi connectivity index (χ3n) is 6.32. The van der Waals surface area contributed by atoms with Crippen LogP contribution in [0, 0.1) is 0 Å². The average Bonchev–Trinajstić information content (AvgIpc) is 3.33. The SMILES string of the molecule is Oc1ccc2[nH]cc(C3CCN(CCCc4c[nH]c5ccccc45)CC3)c2c1. The van der Waals surface area contributed by atoms with Crippen LogP contribution in [0.15, 0.2) is 54.9 Å². The largest absolute Gasteiger partial charge is 0.508 e. The van der Waals surface area contributed by atoms with Crippen LogP contribution in [0.2, 0.25) is 0 Å². The van der Waals surface area contributed by atoms with E-state index in [4.69, 9.17) is 0 Å². The van der Waals surface area contributed by atoms with Crippen LogP contribution in [0.3, 0.4) is 0 Å². The molecule has 3 N–H and O–H groups in total. The van der Waals surface area contributed by atoms with Crippen molar-refractivity contribution >= 4 is 21.8 Å². The zero-order valence-electron chi connectivity index (χ0n) is 16.1. The van der Waals surface area contributed by atoms with E-state index in [0.717, 1.165) is 25.0 Å². The minimum Gasteiger partial charge on any atom is -0.508 e. The number of nitrogens with zero attached hydrogens (tertiary/aromatic N) is 1. The van der Waals surface area contributed by atoms with Gasteiger partial charge >= 0.3 is 0 Å². The Kier molecular flexibility index (Phi) is 4.57. The van der Waals surface area contributed by atoms with Crippen LogP contribution in [0.25, 0.3) is 21.8 Å².